The van der Waals surface area contributed by atoms with Crippen LogP contribution in [0.3, 0.4) is 0 Å². The normalized spacial score (nSPS) is 5.91. The van der Waals surface area contributed by atoms with E-state index >= 15 is 0 Å². The molecule has 3 N–H and O–H groups in total. The number of aromatic nitrogens is 1. The van der Waals surface area contributed by atoms with E-state index in [0.717, 1.165) is 6.92 Å². The molecule has 62 valence electrons. The zero-order valence-electron chi connectivity index (χ0n) is 8.15. The molecule has 0 saturated heterocycles. The van der Waals surface area contributed by atoms with Gasteiger partial charge in [-0.05, 0) is 0 Å². The largest absolute Gasteiger partial charge is 2.00 e. The van der Waals surface area contributed by atoms with Gasteiger partial charge in [-0.25, -0.2) is 4.98 Å². The first kappa shape index (κ1) is 16.8. The summed E-state index contributed by atoms with van der Waals surface area (Å²) in [4.78, 5) is 12.6. The third kappa shape index (κ3) is 26.6. The van der Waals surface area contributed by atoms with Gasteiger partial charge in [0.25, 0.3) is 5.97 Å². The third-order valence-electron chi connectivity index (χ3n) is 0.347. The van der Waals surface area contributed by atoms with E-state index in [4.69, 9.17) is 9.90 Å². The molecule has 0 amide bonds. The van der Waals surface area contributed by atoms with Crippen LogP contribution in [0.25, 0.3) is 0 Å². The standard InChI is InChI=1S/C3H3NO.C2H4O2.Mg.H2O.2H/c1-2-5-3-4-1;1-2(3)4;;;;/h1-3H;1H3,(H,3,4);;1H2;;/q;;+2;;2*-1. The molecule has 0 spiro atoms. The van der Waals surface area contributed by atoms with Gasteiger partial charge < -0.3 is 17.9 Å². The van der Waals surface area contributed by atoms with Crippen LogP contribution in [0.15, 0.2) is 23.3 Å². The summed E-state index contributed by atoms with van der Waals surface area (Å²) in [5.74, 6) is -0.833. The van der Waals surface area contributed by atoms with Crippen molar-refractivity contribution < 1.29 is 22.6 Å². The van der Waals surface area contributed by atoms with Gasteiger partial charge in [0.05, 0.1) is 6.20 Å². The minimum Gasteiger partial charge on any atom is -1.00 e. The number of rotatable bonds is 0. The Labute approximate surface area is 82.9 Å². The van der Waals surface area contributed by atoms with E-state index < -0.39 is 5.97 Å². The van der Waals surface area contributed by atoms with E-state index in [1.54, 1.807) is 6.20 Å². The van der Waals surface area contributed by atoms with E-state index in [1.165, 1.54) is 12.7 Å². The molecule has 0 radical (unpaired) electrons. The maximum absolute atomic E-state index is 9.00. The summed E-state index contributed by atoms with van der Waals surface area (Å²) in [6.45, 7) is 1.08. The second kappa shape index (κ2) is 12.1. The van der Waals surface area contributed by atoms with E-state index in [1.807, 2.05) is 0 Å². The SMILES string of the molecule is CC(=O)O.O.[H-].[H-].[Mg+2].c1cocn1. The molecule has 0 atom stereocenters. The van der Waals surface area contributed by atoms with Crippen molar-refractivity contribution in [3.05, 3.63) is 18.9 Å². The van der Waals surface area contributed by atoms with Crippen LogP contribution in [-0.2, 0) is 4.79 Å². The average Bonchev–Trinajstić information content (AvgIpc) is 2.11. The first-order valence-corrected chi connectivity index (χ1v) is 2.25. The number of oxazole rings is 1. The third-order valence-corrected chi connectivity index (χ3v) is 0.347. The summed E-state index contributed by atoms with van der Waals surface area (Å²) < 4.78 is 4.47. The second-order valence-electron chi connectivity index (χ2n) is 1.19. The van der Waals surface area contributed by atoms with Crippen LogP contribution in [0.5, 0.6) is 0 Å². The van der Waals surface area contributed by atoms with Gasteiger partial charge in [0.2, 0.25) is 0 Å². The Kier molecular flexibility index (Phi) is 18.5. The van der Waals surface area contributed by atoms with E-state index in [-0.39, 0.29) is 31.4 Å². The van der Waals surface area contributed by atoms with Gasteiger partial charge in [-0.3, -0.25) is 4.79 Å². The summed E-state index contributed by atoms with van der Waals surface area (Å²) in [5, 5.41) is 7.42. The number of hydrogen-bond donors (Lipinski definition) is 1. The number of carboxylic acid groups (broad SMARTS) is 1. The molecule has 1 heterocycles. The Balaban J connectivity index is -0.0000000256. The first-order chi connectivity index (χ1) is 4.23. The van der Waals surface area contributed by atoms with Gasteiger partial charge in [0, 0.05) is 6.92 Å². The van der Waals surface area contributed by atoms with Gasteiger partial charge in [0.15, 0.2) is 6.39 Å². The van der Waals surface area contributed by atoms with Gasteiger partial charge >= 0.3 is 23.1 Å². The molecule has 0 saturated carbocycles. The quantitative estimate of drug-likeness (QED) is 0.549. The molecule has 0 aliphatic carbocycles. The number of aliphatic carboxylic acids is 1. The van der Waals surface area contributed by atoms with E-state index in [0.29, 0.717) is 0 Å². The van der Waals surface area contributed by atoms with E-state index in [2.05, 4.69) is 9.40 Å². The Morgan fingerprint density at radius 3 is 2.27 bits per heavy atom. The zero-order valence-corrected chi connectivity index (χ0v) is 7.56. The fourth-order valence-electron chi connectivity index (χ4n) is 0.176. The van der Waals surface area contributed by atoms with Crippen LogP contribution in [0.1, 0.15) is 9.78 Å². The van der Waals surface area contributed by atoms with Crippen molar-refractivity contribution in [3.8, 4) is 0 Å². The average molecular weight is 173 g/mol. The van der Waals surface area contributed by atoms with Crippen molar-refractivity contribution in [2.24, 2.45) is 0 Å². The van der Waals surface area contributed by atoms with Crippen LogP contribution >= 0.6 is 0 Å². The number of carbonyl (C=O) groups is 1. The van der Waals surface area contributed by atoms with Crippen LogP contribution in [0, 0.1) is 0 Å². The molecule has 11 heavy (non-hydrogen) atoms. The molecule has 0 aromatic carbocycles. The van der Waals surface area contributed by atoms with Crippen molar-refractivity contribution in [1.29, 1.82) is 0 Å². The maximum Gasteiger partial charge on any atom is 2.00 e. The summed E-state index contributed by atoms with van der Waals surface area (Å²) in [6, 6.07) is 0. The molecular weight excluding hydrogens is 162 g/mol. The molecule has 1 aromatic rings. The van der Waals surface area contributed by atoms with Gasteiger partial charge in [-0.15, -0.1) is 0 Å². The summed E-state index contributed by atoms with van der Waals surface area (Å²) in [6.07, 6.45) is 4.47. The monoisotopic (exact) mass is 173 g/mol. The summed E-state index contributed by atoms with van der Waals surface area (Å²) >= 11 is 0. The zero-order chi connectivity index (χ0) is 7.11. The van der Waals surface area contributed by atoms with Gasteiger partial charge in [0.1, 0.15) is 6.26 Å². The minimum atomic E-state index is -0.833. The number of nitrogens with zero attached hydrogens (tertiary/aromatic N) is 1. The van der Waals surface area contributed by atoms with Crippen molar-refractivity contribution in [2.45, 2.75) is 6.92 Å². The number of carboxylic acids is 1. The van der Waals surface area contributed by atoms with Crippen LogP contribution in [-0.4, -0.2) is 44.6 Å². The van der Waals surface area contributed by atoms with Crippen molar-refractivity contribution in [3.63, 3.8) is 0 Å². The Morgan fingerprint density at radius 2 is 2.18 bits per heavy atom. The summed E-state index contributed by atoms with van der Waals surface area (Å²) in [7, 11) is 0. The minimum absolute atomic E-state index is 0. The predicted molar refractivity (Wildman–Crippen MR) is 41.4 cm³/mol. The van der Waals surface area contributed by atoms with Crippen LogP contribution in [0.4, 0.5) is 0 Å². The van der Waals surface area contributed by atoms with E-state index in [9.17, 15) is 0 Å². The van der Waals surface area contributed by atoms with Crippen molar-refractivity contribution >= 4 is 29.0 Å². The first-order valence-electron chi connectivity index (χ1n) is 2.25. The molecule has 0 bridgehead atoms. The predicted octanol–water partition coefficient (Wildman–Crippen LogP) is -0.215. The molecule has 5 nitrogen and oxygen atoms in total. The molecular formula is C5H11MgNO4. The maximum atomic E-state index is 9.00. The van der Waals surface area contributed by atoms with Gasteiger partial charge in [-0.1, -0.05) is 0 Å². The molecule has 0 fully saturated rings. The van der Waals surface area contributed by atoms with Crippen LogP contribution < -0.4 is 0 Å². The van der Waals surface area contributed by atoms with Crippen molar-refractivity contribution in [1.82, 2.24) is 4.98 Å². The molecule has 0 aliphatic heterocycles. The van der Waals surface area contributed by atoms with Crippen LogP contribution in [0.2, 0.25) is 0 Å². The molecule has 1 aromatic heterocycles. The Hall–Kier alpha value is -0.594. The number of hydrogen-bond acceptors (Lipinski definition) is 3. The molecule has 6 heteroatoms. The Bertz CT molecular complexity index is 140. The topological polar surface area (TPSA) is 94.8 Å². The van der Waals surface area contributed by atoms with Crippen molar-refractivity contribution in [2.75, 3.05) is 0 Å². The smallest absolute Gasteiger partial charge is 1.00 e. The van der Waals surface area contributed by atoms with Gasteiger partial charge in [-0.2, -0.15) is 0 Å². The molecule has 0 unspecified atom stereocenters. The Morgan fingerprint density at radius 1 is 1.73 bits per heavy atom. The fraction of sp³-hybridized carbons (Fsp3) is 0.200. The second-order valence-corrected chi connectivity index (χ2v) is 1.19. The fourth-order valence-corrected chi connectivity index (χ4v) is 0.176. The summed E-state index contributed by atoms with van der Waals surface area (Å²) in [5.41, 5.74) is 0. The molecule has 1 rings (SSSR count). The molecule has 0 aliphatic rings.